The van der Waals surface area contributed by atoms with Crippen molar-refractivity contribution in [3.63, 3.8) is 0 Å². The minimum Gasteiger partial charge on any atom is -0.311 e. The van der Waals surface area contributed by atoms with E-state index < -0.39 is 5.25 Å². The lowest BCUT2D eigenvalue weighted by Gasteiger charge is -2.31. The van der Waals surface area contributed by atoms with Gasteiger partial charge in [0.05, 0.1) is 10.5 Å². The molecule has 0 spiro atoms. The molecular weight excluding hydrogens is 426 g/mol. The zero-order valence-corrected chi connectivity index (χ0v) is 19.5. The Balaban J connectivity index is 1.96. The summed E-state index contributed by atoms with van der Waals surface area (Å²) < 4.78 is 0. The first-order valence-corrected chi connectivity index (χ1v) is 11.7. The summed E-state index contributed by atoms with van der Waals surface area (Å²) >= 11 is 7.96. The Kier molecular flexibility index (Phi) is 6.14. The van der Waals surface area contributed by atoms with Gasteiger partial charge >= 0.3 is 0 Å². The van der Waals surface area contributed by atoms with E-state index in [0.717, 1.165) is 27.6 Å². The van der Waals surface area contributed by atoms with E-state index in [2.05, 4.69) is 45.0 Å². The van der Waals surface area contributed by atoms with Gasteiger partial charge in [-0.3, -0.25) is 9.59 Å². The Morgan fingerprint density at radius 1 is 1.03 bits per heavy atom. The number of nitrogens with zero attached hydrogens (tertiary/aromatic N) is 1. The number of fused-ring (bicyclic) bond motifs is 2. The highest BCUT2D eigenvalue weighted by molar-refractivity contribution is 8.01. The molecule has 1 heterocycles. The Hall–Kier alpha value is -2.30. The molecule has 5 heteroatoms. The molecule has 4 rings (SSSR count). The van der Waals surface area contributed by atoms with Crippen molar-refractivity contribution in [1.82, 2.24) is 0 Å². The van der Waals surface area contributed by atoms with Crippen molar-refractivity contribution in [3.05, 3.63) is 76.8 Å². The van der Waals surface area contributed by atoms with Crippen LogP contribution in [0.2, 0.25) is 5.02 Å². The summed E-state index contributed by atoms with van der Waals surface area (Å²) in [6.07, 6.45) is 2.04. The van der Waals surface area contributed by atoms with Crippen LogP contribution in [0.25, 0.3) is 10.8 Å². The van der Waals surface area contributed by atoms with Gasteiger partial charge in [-0.25, -0.2) is 0 Å². The van der Waals surface area contributed by atoms with E-state index >= 15 is 0 Å². The first kappa shape index (κ1) is 21.9. The second kappa shape index (κ2) is 8.68. The number of rotatable bonds is 4. The van der Waals surface area contributed by atoms with Gasteiger partial charge in [0.15, 0.2) is 6.29 Å². The summed E-state index contributed by atoms with van der Waals surface area (Å²) in [6.45, 7) is 6.88. The fraction of sp³-hybridized carbons (Fsp3) is 0.308. The number of amides is 1. The molecule has 0 aliphatic carbocycles. The molecule has 1 aliphatic rings. The van der Waals surface area contributed by atoms with E-state index in [1.807, 2.05) is 47.6 Å². The van der Waals surface area contributed by atoms with Crippen molar-refractivity contribution >= 4 is 52.0 Å². The summed E-state index contributed by atoms with van der Waals surface area (Å²) in [4.78, 5) is 26.8. The van der Waals surface area contributed by atoms with Crippen molar-refractivity contribution in [2.24, 2.45) is 5.41 Å². The Labute approximate surface area is 192 Å². The molecule has 1 radical (unpaired) electrons. The van der Waals surface area contributed by atoms with Gasteiger partial charge in [0.2, 0.25) is 5.91 Å². The predicted molar refractivity (Wildman–Crippen MR) is 131 cm³/mol. The fourth-order valence-electron chi connectivity index (χ4n) is 4.14. The molecule has 3 aromatic rings. The highest BCUT2D eigenvalue weighted by atomic mass is 35.5. The van der Waals surface area contributed by atoms with Crippen molar-refractivity contribution in [2.45, 2.75) is 37.7 Å². The summed E-state index contributed by atoms with van der Waals surface area (Å²) in [5, 5.41) is 2.28. The number of carbonyl (C=O) groups excluding carboxylic acids is 2. The van der Waals surface area contributed by atoms with Crippen LogP contribution in [0, 0.1) is 5.41 Å². The highest BCUT2D eigenvalue weighted by Crippen LogP contribution is 2.49. The second-order valence-corrected chi connectivity index (χ2v) is 10.9. The van der Waals surface area contributed by atoms with Gasteiger partial charge in [-0.05, 0) is 45.5 Å². The summed E-state index contributed by atoms with van der Waals surface area (Å²) in [6, 6.07) is 20.2. The first-order valence-electron chi connectivity index (χ1n) is 10.4. The van der Waals surface area contributed by atoms with E-state index in [1.54, 1.807) is 0 Å². The molecule has 31 heavy (non-hydrogen) atoms. The summed E-state index contributed by atoms with van der Waals surface area (Å²) in [5.74, 6) is -0.0467. The van der Waals surface area contributed by atoms with Gasteiger partial charge in [-0.2, -0.15) is 0 Å². The monoisotopic (exact) mass is 450 g/mol. The molecule has 3 aromatic carbocycles. The Bertz CT molecular complexity index is 1130. The van der Waals surface area contributed by atoms with E-state index in [0.29, 0.717) is 11.6 Å². The standard InChI is InChI=1S/C26H25ClNO2S/c1-26(2,3)16-28-22-12-11-18(27)15-21(22)24(31-23(13-14-29)25(28)30)20-10-6-8-17-7-4-5-9-19(17)20/h4-12,15,23-24H,13,16H2,1-3H3/t23-,24-/m0/s1. The highest BCUT2D eigenvalue weighted by Gasteiger charge is 2.38. The van der Waals surface area contributed by atoms with Crippen LogP contribution in [-0.4, -0.2) is 24.0 Å². The number of carbonyl (C=O) groups is 1. The molecule has 3 nitrogen and oxygen atoms in total. The van der Waals surface area contributed by atoms with Crippen LogP contribution in [0.1, 0.15) is 43.6 Å². The van der Waals surface area contributed by atoms with Crippen molar-refractivity contribution < 1.29 is 9.59 Å². The van der Waals surface area contributed by atoms with Gasteiger partial charge in [-0.15, -0.1) is 11.8 Å². The number of thioether (sulfide) groups is 1. The van der Waals surface area contributed by atoms with Gasteiger partial charge in [0.25, 0.3) is 0 Å². The lowest BCUT2D eigenvalue weighted by molar-refractivity contribution is -0.118. The maximum Gasteiger partial charge on any atom is 0.240 e. The second-order valence-electron chi connectivity index (χ2n) is 9.11. The van der Waals surface area contributed by atoms with Crippen LogP contribution in [0.5, 0.6) is 0 Å². The van der Waals surface area contributed by atoms with E-state index in [9.17, 15) is 9.59 Å². The zero-order valence-electron chi connectivity index (χ0n) is 17.9. The maximum absolute atomic E-state index is 13.6. The van der Waals surface area contributed by atoms with E-state index in [4.69, 9.17) is 11.6 Å². The van der Waals surface area contributed by atoms with E-state index in [-0.39, 0.29) is 23.0 Å². The number of anilines is 1. The molecule has 1 aliphatic heterocycles. The summed E-state index contributed by atoms with van der Waals surface area (Å²) in [7, 11) is 0. The lowest BCUT2D eigenvalue weighted by atomic mass is 9.93. The average molecular weight is 451 g/mol. The molecule has 0 aromatic heterocycles. The lowest BCUT2D eigenvalue weighted by Crippen LogP contribution is -2.42. The molecule has 0 unspecified atom stereocenters. The minimum absolute atomic E-state index is 0.0467. The molecule has 1 amide bonds. The van der Waals surface area contributed by atoms with Crippen LogP contribution < -0.4 is 4.90 Å². The van der Waals surface area contributed by atoms with Gasteiger partial charge in [0.1, 0.15) is 0 Å². The van der Waals surface area contributed by atoms with Gasteiger partial charge < -0.3 is 4.90 Å². The molecule has 0 bridgehead atoms. The van der Waals surface area contributed by atoms with Crippen molar-refractivity contribution in [3.8, 4) is 0 Å². The minimum atomic E-state index is -0.505. The maximum atomic E-state index is 13.6. The molecule has 159 valence electrons. The van der Waals surface area contributed by atoms with Crippen LogP contribution in [0.15, 0.2) is 60.7 Å². The third-order valence-corrected chi connectivity index (χ3v) is 7.12. The third-order valence-electron chi connectivity index (χ3n) is 5.41. The molecule has 0 saturated heterocycles. The molecule has 0 fully saturated rings. The number of halogens is 1. The van der Waals surface area contributed by atoms with Crippen molar-refractivity contribution in [1.29, 1.82) is 0 Å². The summed E-state index contributed by atoms with van der Waals surface area (Å²) in [5.41, 5.74) is 2.88. The predicted octanol–water partition coefficient (Wildman–Crippen LogP) is 6.58. The quantitative estimate of drug-likeness (QED) is 0.450. The van der Waals surface area contributed by atoms with Gasteiger partial charge in [-0.1, -0.05) is 74.8 Å². The third kappa shape index (κ3) is 4.51. The Morgan fingerprint density at radius 2 is 1.77 bits per heavy atom. The van der Waals surface area contributed by atoms with Crippen LogP contribution in [-0.2, 0) is 9.59 Å². The smallest absolute Gasteiger partial charge is 0.240 e. The van der Waals surface area contributed by atoms with E-state index in [1.165, 1.54) is 11.8 Å². The molecule has 0 saturated carbocycles. The number of benzene rings is 3. The number of hydrogen-bond donors (Lipinski definition) is 0. The first-order chi connectivity index (χ1) is 14.8. The molecule has 0 N–H and O–H groups in total. The van der Waals surface area contributed by atoms with Crippen molar-refractivity contribution in [2.75, 3.05) is 11.4 Å². The number of hydrogen-bond acceptors (Lipinski definition) is 3. The van der Waals surface area contributed by atoms with Crippen LogP contribution >= 0.6 is 23.4 Å². The normalized spacial score (nSPS) is 19.2. The zero-order chi connectivity index (χ0) is 22.2. The Morgan fingerprint density at radius 3 is 2.52 bits per heavy atom. The van der Waals surface area contributed by atoms with Crippen LogP contribution in [0.4, 0.5) is 5.69 Å². The van der Waals surface area contributed by atoms with Crippen LogP contribution in [0.3, 0.4) is 0 Å². The SMILES string of the molecule is CC(C)(C)CN1C(=O)[C@H](C[C]=O)S[C@@H](c2cccc3ccccc23)c2cc(Cl)ccc21. The average Bonchev–Trinajstić information content (AvgIpc) is 2.83. The fourth-order valence-corrected chi connectivity index (χ4v) is 5.74. The topological polar surface area (TPSA) is 37.4 Å². The largest absolute Gasteiger partial charge is 0.311 e. The molecule has 2 atom stereocenters. The molecular formula is C26H25ClNO2S. The van der Waals surface area contributed by atoms with Gasteiger partial charge in [0, 0.05) is 23.7 Å².